The Morgan fingerprint density at radius 2 is 1.77 bits per heavy atom. The zero-order chi connectivity index (χ0) is 18.6. The lowest BCUT2D eigenvalue weighted by Gasteiger charge is -2.15. The normalized spacial score (nSPS) is 15.1. The van der Waals surface area contributed by atoms with E-state index in [0.29, 0.717) is 31.6 Å². The smallest absolute Gasteiger partial charge is 0.251 e. The highest BCUT2D eigenvalue weighted by Crippen LogP contribution is 2.21. The Labute approximate surface area is 152 Å². The number of carbonyl (C=O) groups is 1. The van der Waals surface area contributed by atoms with Crippen molar-refractivity contribution in [2.75, 3.05) is 19.6 Å². The first-order valence-electron chi connectivity index (χ1n) is 8.60. The van der Waals surface area contributed by atoms with E-state index in [1.807, 2.05) is 0 Å². The monoisotopic (exact) mass is 376 g/mol. The molecule has 3 rings (SSSR count). The summed E-state index contributed by atoms with van der Waals surface area (Å²) in [5.74, 6) is -0.588. The van der Waals surface area contributed by atoms with Crippen LogP contribution in [-0.4, -0.2) is 38.3 Å². The number of halogens is 1. The van der Waals surface area contributed by atoms with Crippen LogP contribution in [0.3, 0.4) is 0 Å². The molecule has 26 heavy (non-hydrogen) atoms. The SMILES string of the molecule is O=C(NCCc1cccc(F)c1)c1ccc(S(=O)(=O)N2CCCC2)cc1. The van der Waals surface area contributed by atoms with Gasteiger partial charge in [0, 0.05) is 25.2 Å². The van der Waals surface area contributed by atoms with E-state index in [1.54, 1.807) is 12.1 Å². The number of carbonyl (C=O) groups excluding carboxylic acids is 1. The molecule has 0 aromatic heterocycles. The van der Waals surface area contributed by atoms with Crippen molar-refractivity contribution in [2.45, 2.75) is 24.2 Å². The van der Waals surface area contributed by atoms with E-state index in [1.165, 1.54) is 40.7 Å². The molecule has 0 unspecified atom stereocenters. The highest BCUT2D eigenvalue weighted by Gasteiger charge is 2.27. The number of hydrogen-bond donors (Lipinski definition) is 1. The van der Waals surface area contributed by atoms with Crippen molar-refractivity contribution in [2.24, 2.45) is 0 Å². The standard InChI is InChI=1S/C19H21FN2O3S/c20-17-5-3-4-15(14-17)10-11-21-19(23)16-6-8-18(9-7-16)26(24,25)22-12-1-2-13-22/h3-9,14H,1-2,10-13H2,(H,21,23). The van der Waals surface area contributed by atoms with Gasteiger partial charge in [-0.05, 0) is 61.2 Å². The quantitative estimate of drug-likeness (QED) is 0.843. The highest BCUT2D eigenvalue weighted by atomic mass is 32.2. The van der Waals surface area contributed by atoms with Crippen LogP contribution in [0.2, 0.25) is 0 Å². The lowest BCUT2D eigenvalue weighted by atomic mass is 10.1. The molecule has 2 aromatic carbocycles. The molecule has 1 aliphatic heterocycles. The van der Waals surface area contributed by atoms with E-state index < -0.39 is 10.0 Å². The topological polar surface area (TPSA) is 66.5 Å². The van der Waals surface area contributed by atoms with Gasteiger partial charge in [0.25, 0.3) is 5.91 Å². The van der Waals surface area contributed by atoms with Crippen molar-refractivity contribution < 1.29 is 17.6 Å². The van der Waals surface area contributed by atoms with Crippen LogP contribution in [0, 0.1) is 5.82 Å². The van der Waals surface area contributed by atoms with Gasteiger partial charge in [0.05, 0.1) is 4.90 Å². The van der Waals surface area contributed by atoms with Crippen LogP contribution in [0.4, 0.5) is 4.39 Å². The summed E-state index contributed by atoms with van der Waals surface area (Å²) in [6.07, 6.45) is 2.28. The fraction of sp³-hybridized carbons (Fsp3) is 0.316. The molecule has 1 N–H and O–H groups in total. The second kappa shape index (κ2) is 7.97. The van der Waals surface area contributed by atoms with Crippen molar-refractivity contribution in [1.82, 2.24) is 9.62 Å². The first kappa shape index (κ1) is 18.5. The molecule has 0 spiro atoms. The maximum atomic E-state index is 13.1. The summed E-state index contributed by atoms with van der Waals surface area (Å²) < 4.78 is 39.5. The number of benzene rings is 2. The van der Waals surface area contributed by atoms with Crippen molar-refractivity contribution in [1.29, 1.82) is 0 Å². The molecule has 1 aliphatic rings. The minimum absolute atomic E-state index is 0.204. The molecule has 0 saturated carbocycles. The van der Waals surface area contributed by atoms with Crippen molar-refractivity contribution in [3.05, 3.63) is 65.5 Å². The molecule has 7 heteroatoms. The molecule has 0 radical (unpaired) electrons. The highest BCUT2D eigenvalue weighted by molar-refractivity contribution is 7.89. The number of sulfonamides is 1. The van der Waals surface area contributed by atoms with Gasteiger partial charge in [-0.15, -0.1) is 0 Å². The van der Waals surface area contributed by atoms with Gasteiger partial charge in [-0.3, -0.25) is 4.79 Å². The van der Waals surface area contributed by atoms with Gasteiger partial charge in [0.1, 0.15) is 5.82 Å². The Morgan fingerprint density at radius 3 is 2.42 bits per heavy atom. The maximum absolute atomic E-state index is 13.1. The Morgan fingerprint density at radius 1 is 1.08 bits per heavy atom. The number of nitrogens with zero attached hydrogens (tertiary/aromatic N) is 1. The second-order valence-corrected chi connectivity index (χ2v) is 8.21. The van der Waals surface area contributed by atoms with Crippen LogP contribution >= 0.6 is 0 Å². The van der Waals surface area contributed by atoms with Gasteiger partial charge >= 0.3 is 0 Å². The van der Waals surface area contributed by atoms with Crippen LogP contribution in [0.5, 0.6) is 0 Å². The largest absolute Gasteiger partial charge is 0.352 e. The summed E-state index contributed by atoms with van der Waals surface area (Å²) >= 11 is 0. The van der Waals surface area contributed by atoms with E-state index in [2.05, 4.69) is 5.32 Å². The number of amides is 1. The van der Waals surface area contributed by atoms with Gasteiger partial charge in [0.2, 0.25) is 10.0 Å². The van der Waals surface area contributed by atoms with Crippen LogP contribution < -0.4 is 5.32 Å². The minimum atomic E-state index is -3.47. The van der Waals surface area contributed by atoms with Crippen LogP contribution in [0.15, 0.2) is 53.4 Å². The third-order valence-corrected chi connectivity index (χ3v) is 6.32. The third-order valence-electron chi connectivity index (χ3n) is 4.41. The molecule has 2 aromatic rings. The van der Waals surface area contributed by atoms with Gasteiger partial charge in [-0.1, -0.05) is 12.1 Å². The zero-order valence-corrected chi connectivity index (χ0v) is 15.1. The second-order valence-electron chi connectivity index (χ2n) is 6.27. The van der Waals surface area contributed by atoms with Crippen molar-refractivity contribution in [3.8, 4) is 0 Å². The van der Waals surface area contributed by atoms with Crippen LogP contribution in [-0.2, 0) is 16.4 Å². The summed E-state index contributed by atoms with van der Waals surface area (Å²) in [6, 6.07) is 12.2. The van der Waals surface area contributed by atoms with Gasteiger partial charge in [-0.2, -0.15) is 4.31 Å². The van der Waals surface area contributed by atoms with Crippen LogP contribution in [0.1, 0.15) is 28.8 Å². The first-order valence-corrected chi connectivity index (χ1v) is 10.0. The molecular formula is C19H21FN2O3S. The molecule has 0 atom stereocenters. The molecule has 0 aliphatic carbocycles. The summed E-state index contributed by atoms with van der Waals surface area (Å²) in [5, 5.41) is 2.76. The van der Waals surface area contributed by atoms with Gasteiger partial charge < -0.3 is 5.32 Å². The molecule has 1 fully saturated rings. The van der Waals surface area contributed by atoms with E-state index >= 15 is 0 Å². The lowest BCUT2D eigenvalue weighted by molar-refractivity contribution is 0.0954. The minimum Gasteiger partial charge on any atom is -0.352 e. The summed E-state index contributed by atoms with van der Waals surface area (Å²) in [4.78, 5) is 12.4. The predicted molar refractivity (Wildman–Crippen MR) is 96.9 cm³/mol. The van der Waals surface area contributed by atoms with Crippen LogP contribution in [0.25, 0.3) is 0 Å². The number of rotatable bonds is 6. The fourth-order valence-corrected chi connectivity index (χ4v) is 4.49. The average Bonchev–Trinajstić information content (AvgIpc) is 3.17. The van der Waals surface area contributed by atoms with Crippen molar-refractivity contribution in [3.63, 3.8) is 0 Å². The van der Waals surface area contributed by atoms with E-state index in [9.17, 15) is 17.6 Å². The third kappa shape index (κ3) is 4.28. The maximum Gasteiger partial charge on any atom is 0.251 e. The van der Waals surface area contributed by atoms with Gasteiger partial charge in [0.15, 0.2) is 0 Å². The molecule has 138 valence electrons. The van der Waals surface area contributed by atoms with E-state index in [-0.39, 0.29) is 16.6 Å². The van der Waals surface area contributed by atoms with Crippen molar-refractivity contribution >= 4 is 15.9 Å². The number of hydrogen-bond acceptors (Lipinski definition) is 3. The average molecular weight is 376 g/mol. The summed E-state index contributed by atoms with van der Waals surface area (Å²) in [5.41, 5.74) is 1.20. The lowest BCUT2D eigenvalue weighted by Crippen LogP contribution is -2.28. The van der Waals surface area contributed by atoms with E-state index in [0.717, 1.165) is 18.4 Å². The first-order chi connectivity index (χ1) is 12.5. The molecule has 1 heterocycles. The fourth-order valence-electron chi connectivity index (χ4n) is 2.97. The molecule has 0 bridgehead atoms. The molecule has 1 saturated heterocycles. The van der Waals surface area contributed by atoms with Gasteiger partial charge in [-0.25, -0.2) is 12.8 Å². The molecule has 5 nitrogen and oxygen atoms in total. The zero-order valence-electron chi connectivity index (χ0n) is 14.3. The predicted octanol–water partition coefficient (Wildman–Crippen LogP) is 2.58. The Kier molecular flexibility index (Phi) is 5.68. The summed E-state index contributed by atoms with van der Waals surface area (Å²) in [6.45, 7) is 1.46. The summed E-state index contributed by atoms with van der Waals surface area (Å²) in [7, 11) is -3.47. The number of nitrogens with one attached hydrogen (secondary N) is 1. The molecule has 1 amide bonds. The molecular weight excluding hydrogens is 355 g/mol. The Balaban J connectivity index is 1.58. The Hall–Kier alpha value is -2.25. The Bertz CT molecular complexity index is 876. The van der Waals surface area contributed by atoms with E-state index in [4.69, 9.17) is 0 Å².